The number of benzene rings is 1. The van der Waals surface area contributed by atoms with Crippen LogP contribution in [0.15, 0.2) is 18.2 Å². The Balaban J connectivity index is 2.56. The Morgan fingerprint density at radius 3 is 2.31 bits per heavy atom. The number of rotatable bonds is 3. The Labute approximate surface area is 104 Å². The standard InChI is InChI=1S/C11H12Cl2O3/c1-7(2)6-15-11(14)16-10-4-8(12)3-9(13)5-10/h3-5,7H,6H2,1-2H3. The molecule has 0 saturated carbocycles. The van der Waals surface area contributed by atoms with Crippen molar-refractivity contribution in [2.75, 3.05) is 6.61 Å². The SMILES string of the molecule is CC(C)COC(=O)Oc1cc(Cl)cc(Cl)c1. The first-order valence-corrected chi connectivity index (χ1v) is 5.53. The summed E-state index contributed by atoms with van der Waals surface area (Å²) in [6.07, 6.45) is -0.757. The molecule has 0 unspecified atom stereocenters. The number of hydrogen-bond acceptors (Lipinski definition) is 3. The van der Waals surface area contributed by atoms with E-state index in [-0.39, 0.29) is 11.7 Å². The summed E-state index contributed by atoms with van der Waals surface area (Å²) < 4.78 is 9.74. The smallest absolute Gasteiger partial charge is 0.434 e. The summed E-state index contributed by atoms with van der Waals surface area (Å²) in [6.45, 7) is 4.18. The fraction of sp³-hybridized carbons (Fsp3) is 0.364. The minimum atomic E-state index is -0.757. The van der Waals surface area contributed by atoms with E-state index in [0.717, 1.165) is 0 Å². The molecule has 16 heavy (non-hydrogen) atoms. The zero-order valence-electron chi connectivity index (χ0n) is 9.00. The second-order valence-corrected chi connectivity index (χ2v) is 4.53. The molecule has 0 heterocycles. The largest absolute Gasteiger partial charge is 0.513 e. The highest BCUT2D eigenvalue weighted by molar-refractivity contribution is 6.34. The highest BCUT2D eigenvalue weighted by atomic mass is 35.5. The molecule has 0 amide bonds. The fourth-order valence-corrected chi connectivity index (χ4v) is 1.45. The summed E-state index contributed by atoms with van der Waals surface area (Å²) in [5, 5.41) is 0.804. The van der Waals surface area contributed by atoms with Gasteiger partial charge in [-0.1, -0.05) is 37.0 Å². The van der Waals surface area contributed by atoms with E-state index < -0.39 is 6.16 Å². The monoisotopic (exact) mass is 262 g/mol. The van der Waals surface area contributed by atoms with Gasteiger partial charge in [0.15, 0.2) is 0 Å². The van der Waals surface area contributed by atoms with Crippen molar-refractivity contribution in [2.24, 2.45) is 5.92 Å². The first kappa shape index (κ1) is 13.1. The zero-order valence-corrected chi connectivity index (χ0v) is 10.5. The number of carbonyl (C=O) groups excluding carboxylic acids is 1. The van der Waals surface area contributed by atoms with E-state index in [1.807, 2.05) is 13.8 Å². The van der Waals surface area contributed by atoms with Gasteiger partial charge in [-0.2, -0.15) is 0 Å². The van der Waals surface area contributed by atoms with Gasteiger partial charge in [0, 0.05) is 10.0 Å². The normalized spacial score (nSPS) is 10.3. The predicted molar refractivity (Wildman–Crippen MR) is 63.3 cm³/mol. The van der Waals surface area contributed by atoms with Gasteiger partial charge in [-0.3, -0.25) is 0 Å². The van der Waals surface area contributed by atoms with Crippen LogP contribution < -0.4 is 4.74 Å². The molecule has 5 heteroatoms. The van der Waals surface area contributed by atoms with Crippen molar-refractivity contribution >= 4 is 29.4 Å². The number of hydrogen-bond donors (Lipinski definition) is 0. The van der Waals surface area contributed by atoms with Crippen LogP contribution >= 0.6 is 23.2 Å². The van der Waals surface area contributed by atoms with Gasteiger partial charge in [-0.15, -0.1) is 0 Å². The molecule has 88 valence electrons. The van der Waals surface area contributed by atoms with E-state index >= 15 is 0 Å². The lowest BCUT2D eigenvalue weighted by Gasteiger charge is -2.08. The molecule has 0 N–H and O–H groups in total. The van der Waals surface area contributed by atoms with Crippen LogP contribution in [0.1, 0.15) is 13.8 Å². The van der Waals surface area contributed by atoms with Crippen LogP contribution in [0.4, 0.5) is 4.79 Å². The van der Waals surface area contributed by atoms with Gasteiger partial charge in [0.2, 0.25) is 0 Å². The molecule has 1 aromatic carbocycles. The van der Waals surface area contributed by atoms with Gasteiger partial charge in [0.1, 0.15) is 5.75 Å². The van der Waals surface area contributed by atoms with Crippen molar-refractivity contribution in [3.05, 3.63) is 28.2 Å². The molecule has 1 aromatic rings. The molecule has 0 spiro atoms. The topological polar surface area (TPSA) is 35.5 Å². The van der Waals surface area contributed by atoms with Crippen molar-refractivity contribution in [3.63, 3.8) is 0 Å². The Kier molecular flexibility index (Phi) is 4.90. The second-order valence-electron chi connectivity index (χ2n) is 3.66. The minimum Gasteiger partial charge on any atom is -0.434 e. The van der Waals surface area contributed by atoms with Crippen LogP contribution in [0.3, 0.4) is 0 Å². The lowest BCUT2D eigenvalue weighted by molar-refractivity contribution is 0.0886. The van der Waals surface area contributed by atoms with Gasteiger partial charge in [0.05, 0.1) is 6.61 Å². The number of halogens is 2. The van der Waals surface area contributed by atoms with Crippen LogP contribution in [0.5, 0.6) is 5.75 Å². The van der Waals surface area contributed by atoms with Crippen LogP contribution in [0.2, 0.25) is 10.0 Å². The van der Waals surface area contributed by atoms with Crippen molar-refractivity contribution < 1.29 is 14.3 Å². The van der Waals surface area contributed by atoms with Crippen LogP contribution in [-0.2, 0) is 4.74 Å². The average Bonchev–Trinajstić information content (AvgIpc) is 2.12. The van der Waals surface area contributed by atoms with E-state index in [4.69, 9.17) is 32.7 Å². The first-order valence-electron chi connectivity index (χ1n) is 4.78. The molecule has 0 aliphatic rings. The Bertz CT molecular complexity index is 357. The third-order valence-corrected chi connectivity index (χ3v) is 2.01. The van der Waals surface area contributed by atoms with Gasteiger partial charge in [-0.05, 0) is 24.1 Å². The molecule has 3 nitrogen and oxygen atoms in total. The van der Waals surface area contributed by atoms with Gasteiger partial charge in [0.25, 0.3) is 0 Å². The molecule has 0 aromatic heterocycles. The van der Waals surface area contributed by atoms with E-state index in [1.165, 1.54) is 12.1 Å². The van der Waals surface area contributed by atoms with Crippen LogP contribution in [0, 0.1) is 5.92 Å². The van der Waals surface area contributed by atoms with Crippen molar-refractivity contribution in [2.45, 2.75) is 13.8 Å². The lowest BCUT2D eigenvalue weighted by atomic mass is 10.2. The highest BCUT2D eigenvalue weighted by Crippen LogP contribution is 2.24. The van der Waals surface area contributed by atoms with Gasteiger partial charge in [-0.25, -0.2) is 4.79 Å². The molecular formula is C11H12Cl2O3. The predicted octanol–water partition coefficient (Wildman–Crippen LogP) is 4.16. The van der Waals surface area contributed by atoms with Crippen LogP contribution in [-0.4, -0.2) is 12.8 Å². The Hall–Kier alpha value is -0.930. The lowest BCUT2D eigenvalue weighted by Crippen LogP contribution is -2.14. The molecule has 0 atom stereocenters. The van der Waals surface area contributed by atoms with Crippen molar-refractivity contribution in [3.8, 4) is 5.75 Å². The summed E-state index contributed by atoms with van der Waals surface area (Å²) >= 11 is 11.5. The summed E-state index contributed by atoms with van der Waals surface area (Å²) in [4.78, 5) is 11.2. The molecule has 0 aliphatic carbocycles. The summed E-state index contributed by atoms with van der Waals surface area (Å²) in [7, 11) is 0. The fourth-order valence-electron chi connectivity index (χ4n) is 0.948. The number of ether oxygens (including phenoxy) is 2. The third-order valence-electron chi connectivity index (χ3n) is 1.57. The summed E-state index contributed by atoms with van der Waals surface area (Å²) in [5.74, 6) is 0.529. The van der Waals surface area contributed by atoms with E-state index in [9.17, 15) is 4.79 Å². The molecular weight excluding hydrogens is 251 g/mol. The van der Waals surface area contributed by atoms with E-state index in [0.29, 0.717) is 16.7 Å². The zero-order chi connectivity index (χ0) is 12.1. The third kappa shape index (κ3) is 4.73. The average molecular weight is 263 g/mol. The molecule has 0 aliphatic heterocycles. The Morgan fingerprint density at radius 2 is 1.81 bits per heavy atom. The van der Waals surface area contributed by atoms with E-state index in [1.54, 1.807) is 6.07 Å². The molecule has 0 radical (unpaired) electrons. The highest BCUT2D eigenvalue weighted by Gasteiger charge is 2.08. The van der Waals surface area contributed by atoms with Crippen molar-refractivity contribution in [1.29, 1.82) is 0 Å². The minimum absolute atomic E-state index is 0.260. The number of carbonyl (C=O) groups is 1. The second kappa shape index (κ2) is 5.97. The molecule has 0 fully saturated rings. The summed E-state index contributed by atoms with van der Waals surface area (Å²) in [5.41, 5.74) is 0. The van der Waals surface area contributed by atoms with Gasteiger partial charge >= 0.3 is 6.16 Å². The van der Waals surface area contributed by atoms with Crippen molar-refractivity contribution in [1.82, 2.24) is 0 Å². The molecule has 1 rings (SSSR count). The maximum absolute atomic E-state index is 11.2. The maximum atomic E-state index is 11.2. The maximum Gasteiger partial charge on any atom is 0.513 e. The summed E-state index contributed by atoms with van der Waals surface area (Å²) in [6, 6.07) is 4.53. The quantitative estimate of drug-likeness (QED) is 0.606. The van der Waals surface area contributed by atoms with Crippen LogP contribution in [0.25, 0.3) is 0 Å². The molecule has 0 saturated heterocycles. The van der Waals surface area contributed by atoms with Gasteiger partial charge < -0.3 is 9.47 Å². The Morgan fingerprint density at radius 1 is 1.25 bits per heavy atom. The van der Waals surface area contributed by atoms with E-state index in [2.05, 4.69) is 0 Å². The molecule has 0 bridgehead atoms. The first-order chi connectivity index (χ1) is 7.47.